The van der Waals surface area contributed by atoms with E-state index in [9.17, 15) is 10.1 Å². The van der Waals surface area contributed by atoms with Crippen LogP contribution in [-0.2, 0) is 4.84 Å². The van der Waals surface area contributed by atoms with E-state index in [1.165, 1.54) is 18.6 Å². The standard InChI is InChI=1S/C23H36N4O3/c1-17-15-21(2,3)20(16-30-27-22(4,5)13-8-14-23(27,6)7)25(24-17)18-9-11-19(12-10-18)26(28)29/h9-12,20H,8,13-16H2,1-7H3. The first kappa shape index (κ1) is 22.7. The molecule has 3 rings (SSSR count). The summed E-state index contributed by atoms with van der Waals surface area (Å²) in [4.78, 5) is 17.2. The second-order valence-electron chi connectivity index (χ2n) is 10.7. The number of hydrogen-bond donors (Lipinski definition) is 0. The highest BCUT2D eigenvalue weighted by molar-refractivity contribution is 5.84. The fourth-order valence-electron chi connectivity index (χ4n) is 5.13. The molecular weight excluding hydrogens is 380 g/mol. The zero-order valence-electron chi connectivity index (χ0n) is 19.4. The summed E-state index contributed by atoms with van der Waals surface area (Å²) in [5.74, 6) is 0. The Morgan fingerprint density at radius 1 is 1.10 bits per heavy atom. The van der Waals surface area contributed by atoms with E-state index in [0.29, 0.717) is 6.61 Å². The van der Waals surface area contributed by atoms with Crippen LogP contribution in [0.3, 0.4) is 0 Å². The van der Waals surface area contributed by atoms with Crippen LogP contribution in [0.5, 0.6) is 0 Å². The van der Waals surface area contributed by atoms with Crippen molar-refractivity contribution >= 4 is 17.1 Å². The Hall–Kier alpha value is -1.99. The summed E-state index contributed by atoms with van der Waals surface area (Å²) in [5.41, 5.74) is 1.86. The predicted octanol–water partition coefficient (Wildman–Crippen LogP) is 5.55. The summed E-state index contributed by atoms with van der Waals surface area (Å²) >= 11 is 0. The van der Waals surface area contributed by atoms with Crippen molar-refractivity contribution in [1.29, 1.82) is 0 Å². The third-order valence-electron chi connectivity index (χ3n) is 6.55. The second kappa shape index (κ2) is 7.93. The highest BCUT2D eigenvalue weighted by Gasteiger charge is 2.45. The van der Waals surface area contributed by atoms with Crippen molar-refractivity contribution in [2.24, 2.45) is 10.5 Å². The van der Waals surface area contributed by atoms with Gasteiger partial charge in [0.15, 0.2) is 0 Å². The molecule has 0 aliphatic carbocycles. The highest BCUT2D eigenvalue weighted by Crippen LogP contribution is 2.41. The Labute approximate surface area is 180 Å². The van der Waals surface area contributed by atoms with Gasteiger partial charge in [-0.2, -0.15) is 10.2 Å². The number of benzene rings is 1. The van der Waals surface area contributed by atoms with Gasteiger partial charge in [-0.1, -0.05) is 13.8 Å². The average Bonchev–Trinajstić information content (AvgIpc) is 2.61. The Morgan fingerprint density at radius 2 is 1.67 bits per heavy atom. The summed E-state index contributed by atoms with van der Waals surface area (Å²) in [6.45, 7) is 16.0. The largest absolute Gasteiger partial charge is 0.296 e. The number of nitro benzene ring substituents is 1. The number of hydroxylamine groups is 2. The third kappa shape index (κ3) is 4.52. The minimum Gasteiger partial charge on any atom is -0.296 e. The van der Waals surface area contributed by atoms with Crippen LogP contribution < -0.4 is 5.01 Å². The van der Waals surface area contributed by atoms with Gasteiger partial charge in [0, 0.05) is 28.9 Å². The SMILES string of the molecule is CC1=NN(c2ccc([N+](=O)[O-])cc2)C(CON2C(C)(C)CCCC2(C)C)C(C)(C)C1. The lowest BCUT2D eigenvalue weighted by Gasteiger charge is -2.53. The number of piperidine rings is 1. The molecule has 1 saturated heterocycles. The molecule has 7 heteroatoms. The van der Waals surface area contributed by atoms with E-state index in [1.807, 2.05) is 11.9 Å². The Kier molecular flexibility index (Phi) is 6.00. The molecule has 0 bridgehead atoms. The molecule has 2 aliphatic rings. The molecule has 1 aromatic carbocycles. The first-order chi connectivity index (χ1) is 13.8. The number of nitrogens with zero attached hydrogens (tertiary/aromatic N) is 4. The van der Waals surface area contributed by atoms with Crippen LogP contribution >= 0.6 is 0 Å². The summed E-state index contributed by atoms with van der Waals surface area (Å²) in [5, 5.41) is 20.1. The molecule has 30 heavy (non-hydrogen) atoms. The molecule has 1 atom stereocenters. The Bertz CT molecular complexity index is 798. The quantitative estimate of drug-likeness (QED) is 0.465. The molecule has 2 heterocycles. The minimum atomic E-state index is -0.375. The van der Waals surface area contributed by atoms with E-state index in [-0.39, 0.29) is 33.1 Å². The zero-order chi connectivity index (χ0) is 22.3. The van der Waals surface area contributed by atoms with E-state index in [4.69, 9.17) is 9.94 Å². The van der Waals surface area contributed by atoms with Crippen molar-refractivity contribution < 1.29 is 9.76 Å². The molecule has 0 saturated carbocycles. The van der Waals surface area contributed by atoms with Gasteiger partial charge in [-0.3, -0.25) is 20.0 Å². The molecule has 0 amide bonds. The Morgan fingerprint density at radius 3 is 2.20 bits per heavy atom. The van der Waals surface area contributed by atoms with Crippen LogP contribution in [0, 0.1) is 15.5 Å². The van der Waals surface area contributed by atoms with Gasteiger partial charge in [-0.25, -0.2) is 0 Å². The predicted molar refractivity (Wildman–Crippen MR) is 121 cm³/mol. The van der Waals surface area contributed by atoms with E-state index in [0.717, 1.165) is 30.7 Å². The maximum atomic E-state index is 11.0. The molecule has 0 aromatic heterocycles. The van der Waals surface area contributed by atoms with Crippen LogP contribution in [0.1, 0.15) is 74.1 Å². The number of non-ortho nitro benzene ring substituents is 1. The number of rotatable bonds is 5. The molecule has 7 nitrogen and oxygen atoms in total. The lowest BCUT2D eigenvalue weighted by Crippen LogP contribution is -2.60. The minimum absolute atomic E-state index is 0.0104. The highest BCUT2D eigenvalue weighted by atomic mass is 16.7. The fraction of sp³-hybridized carbons (Fsp3) is 0.696. The average molecular weight is 417 g/mol. The molecule has 1 fully saturated rings. The first-order valence-corrected chi connectivity index (χ1v) is 10.8. The third-order valence-corrected chi connectivity index (χ3v) is 6.55. The van der Waals surface area contributed by atoms with Gasteiger partial charge in [0.25, 0.3) is 5.69 Å². The number of hydrogen-bond acceptors (Lipinski definition) is 6. The topological polar surface area (TPSA) is 71.2 Å². The second-order valence-corrected chi connectivity index (χ2v) is 10.7. The van der Waals surface area contributed by atoms with Crippen molar-refractivity contribution in [2.45, 2.75) is 91.3 Å². The lowest BCUT2D eigenvalue weighted by atomic mass is 9.78. The zero-order valence-corrected chi connectivity index (χ0v) is 19.4. The van der Waals surface area contributed by atoms with Gasteiger partial charge in [-0.15, -0.1) is 0 Å². The van der Waals surface area contributed by atoms with E-state index in [2.05, 4.69) is 46.6 Å². The molecular formula is C23H36N4O3. The normalized spacial score (nSPS) is 25.6. The van der Waals surface area contributed by atoms with Gasteiger partial charge in [0.05, 0.1) is 23.3 Å². The van der Waals surface area contributed by atoms with Crippen molar-refractivity contribution in [1.82, 2.24) is 5.06 Å². The molecule has 0 radical (unpaired) electrons. The summed E-state index contributed by atoms with van der Waals surface area (Å²) < 4.78 is 0. The summed E-state index contributed by atoms with van der Waals surface area (Å²) in [6, 6.07) is 6.64. The van der Waals surface area contributed by atoms with Crippen molar-refractivity contribution in [2.75, 3.05) is 11.6 Å². The van der Waals surface area contributed by atoms with Crippen molar-refractivity contribution in [3.05, 3.63) is 34.4 Å². The van der Waals surface area contributed by atoms with E-state index >= 15 is 0 Å². The first-order valence-electron chi connectivity index (χ1n) is 10.8. The van der Waals surface area contributed by atoms with Crippen LogP contribution in [0.2, 0.25) is 0 Å². The van der Waals surface area contributed by atoms with Crippen LogP contribution in [0.15, 0.2) is 29.4 Å². The van der Waals surface area contributed by atoms with Crippen molar-refractivity contribution in [3.63, 3.8) is 0 Å². The van der Waals surface area contributed by atoms with Crippen LogP contribution in [0.4, 0.5) is 11.4 Å². The summed E-state index contributed by atoms with van der Waals surface area (Å²) in [7, 11) is 0. The van der Waals surface area contributed by atoms with Gasteiger partial charge in [-0.05, 0) is 77.8 Å². The maximum absolute atomic E-state index is 11.0. The van der Waals surface area contributed by atoms with E-state index < -0.39 is 0 Å². The smallest absolute Gasteiger partial charge is 0.269 e. The lowest BCUT2D eigenvalue weighted by molar-refractivity contribution is -0.384. The molecule has 1 unspecified atom stereocenters. The van der Waals surface area contributed by atoms with Gasteiger partial charge in [0.2, 0.25) is 0 Å². The molecule has 0 spiro atoms. The van der Waals surface area contributed by atoms with Crippen LogP contribution in [0.25, 0.3) is 0 Å². The van der Waals surface area contributed by atoms with Gasteiger partial charge >= 0.3 is 0 Å². The van der Waals surface area contributed by atoms with Crippen LogP contribution in [-0.4, -0.2) is 39.4 Å². The van der Waals surface area contributed by atoms with Crippen molar-refractivity contribution in [3.8, 4) is 0 Å². The van der Waals surface area contributed by atoms with E-state index in [1.54, 1.807) is 12.1 Å². The van der Waals surface area contributed by atoms with Gasteiger partial charge in [0.1, 0.15) is 0 Å². The fourth-order valence-corrected chi connectivity index (χ4v) is 5.13. The molecule has 2 aliphatic heterocycles. The number of nitro groups is 1. The Balaban J connectivity index is 1.88. The molecule has 0 N–H and O–H groups in total. The maximum Gasteiger partial charge on any atom is 0.269 e. The monoisotopic (exact) mass is 416 g/mol. The number of anilines is 1. The van der Waals surface area contributed by atoms with Gasteiger partial charge < -0.3 is 0 Å². The molecule has 166 valence electrons. The summed E-state index contributed by atoms with van der Waals surface area (Å²) in [6.07, 6.45) is 4.30. The molecule has 1 aromatic rings. The number of hydrazone groups is 1.